The van der Waals surface area contributed by atoms with Crippen molar-refractivity contribution in [3.05, 3.63) is 0 Å². The molecule has 0 aromatic rings. The van der Waals surface area contributed by atoms with Crippen LogP contribution in [-0.2, 0) is 4.79 Å². The van der Waals surface area contributed by atoms with E-state index in [4.69, 9.17) is 5.11 Å². The maximum atomic E-state index is 11.1. The Labute approximate surface area is 85.1 Å². The summed E-state index contributed by atoms with van der Waals surface area (Å²) in [6.45, 7) is 3.75. The zero-order valence-corrected chi connectivity index (χ0v) is 8.83. The van der Waals surface area contributed by atoms with Crippen LogP contribution >= 0.6 is 0 Å². The number of hydrogen-bond acceptors (Lipinski definition) is 2. The minimum absolute atomic E-state index is 0.492. The van der Waals surface area contributed by atoms with E-state index < -0.39 is 11.4 Å². The maximum Gasteiger partial charge on any atom is 0.310 e. The van der Waals surface area contributed by atoms with E-state index >= 15 is 0 Å². The molecule has 1 atom stereocenters. The highest BCUT2D eigenvalue weighted by atomic mass is 16.4. The van der Waals surface area contributed by atoms with Gasteiger partial charge in [-0.05, 0) is 39.2 Å². The SMILES string of the molecule is CC1(C(=O)O)CCCN(C2CCC2)C1. The number of carboxylic acids is 1. The zero-order valence-electron chi connectivity index (χ0n) is 8.83. The topological polar surface area (TPSA) is 40.5 Å². The molecule has 1 saturated carbocycles. The van der Waals surface area contributed by atoms with E-state index in [1.165, 1.54) is 19.3 Å². The number of carboxylic acid groups (broad SMARTS) is 1. The van der Waals surface area contributed by atoms with E-state index in [2.05, 4.69) is 4.90 Å². The van der Waals surface area contributed by atoms with E-state index in [9.17, 15) is 4.79 Å². The van der Waals surface area contributed by atoms with Crippen LogP contribution in [0.2, 0.25) is 0 Å². The second-order valence-corrected chi connectivity index (χ2v) is 5.02. The molecule has 3 heteroatoms. The van der Waals surface area contributed by atoms with E-state index in [-0.39, 0.29) is 0 Å². The Hall–Kier alpha value is -0.570. The molecule has 0 radical (unpaired) electrons. The zero-order chi connectivity index (χ0) is 10.2. The molecule has 1 N–H and O–H groups in total. The lowest BCUT2D eigenvalue weighted by atomic mass is 9.79. The molecule has 1 aliphatic heterocycles. The molecule has 0 bridgehead atoms. The molecule has 3 nitrogen and oxygen atoms in total. The van der Waals surface area contributed by atoms with E-state index in [0.717, 1.165) is 25.9 Å². The second kappa shape index (κ2) is 3.54. The summed E-state index contributed by atoms with van der Waals surface area (Å²) < 4.78 is 0. The van der Waals surface area contributed by atoms with Crippen molar-refractivity contribution in [2.75, 3.05) is 13.1 Å². The van der Waals surface area contributed by atoms with Gasteiger partial charge in [-0.3, -0.25) is 9.69 Å². The molecule has 2 rings (SSSR count). The third-order valence-corrected chi connectivity index (χ3v) is 3.83. The molecule has 14 heavy (non-hydrogen) atoms. The van der Waals surface area contributed by atoms with Crippen LogP contribution in [0, 0.1) is 5.41 Å². The first kappa shape index (κ1) is 9.97. The number of piperidine rings is 1. The minimum atomic E-state index is -0.624. The van der Waals surface area contributed by atoms with E-state index in [1.54, 1.807) is 0 Å². The minimum Gasteiger partial charge on any atom is -0.481 e. The fourth-order valence-electron chi connectivity index (χ4n) is 2.52. The van der Waals surface area contributed by atoms with Crippen molar-refractivity contribution in [2.45, 2.75) is 45.1 Å². The van der Waals surface area contributed by atoms with Crippen molar-refractivity contribution in [2.24, 2.45) is 5.41 Å². The first-order chi connectivity index (χ1) is 6.62. The monoisotopic (exact) mass is 197 g/mol. The predicted molar refractivity (Wildman–Crippen MR) is 54.2 cm³/mol. The number of carbonyl (C=O) groups is 1. The van der Waals surface area contributed by atoms with Crippen LogP contribution < -0.4 is 0 Å². The third-order valence-electron chi connectivity index (χ3n) is 3.83. The molecule has 1 unspecified atom stereocenters. The predicted octanol–water partition coefficient (Wildman–Crippen LogP) is 1.73. The number of nitrogens with zero attached hydrogens (tertiary/aromatic N) is 1. The summed E-state index contributed by atoms with van der Waals surface area (Å²) in [5.41, 5.74) is -0.492. The lowest BCUT2D eigenvalue weighted by Crippen LogP contribution is -2.51. The standard InChI is InChI=1S/C11H19NO2/c1-11(10(13)14)6-3-7-12(8-11)9-4-2-5-9/h9H,2-8H2,1H3,(H,13,14). The smallest absolute Gasteiger partial charge is 0.310 e. The molecular formula is C11H19NO2. The van der Waals surface area contributed by atoms with Gasteiger partial charge in [-0.25, -0.2) is 0 Å². The quantitative estimate of drug-likeness (QED) is 0.733. The lowest BCUT2D eigenvalue weighted by Gasteiger charge is -2.45. The van der Waals surface area contributed by atoms with Gasteiger partial charge in [-0.2, -0.15) is 0 Å². The average molecular weight is 197 g/mol. The van der Waals surface area contributed by atoms with Gasteiger partial charge in [0.2, 0.25) is 0 Å². The summed E-state index contributed by atoms with van der Waals surface area (Å²) in [7, 11) is 0. The summed E-state index contributed by atoms with van der Waals surface area (Å²) in [6.07, 6.45) is 5.75. The highest BCUT2D eigenvalue weighted by molar-refractivity contribution is 5.74. The number of likely N-dealkylation sites (tertiary alicyclic amines) is 1. The summed E-state index contributed by atoms with van der Waals surface area (Å²) in [5, 5.41) is 9.16. The van der Waals surface area contributed by atoms with Gasteiger partial charge in [-0.15, -0.1) is 0 Å². The molecule has 0 aromatic carbocycles. The molecule has 0 aromatic heterocycles. The van der Waals surface area contributed by atoms with Gasteiger partial charge >= 0.3 is 5.97 Å². The Bertz CT molecular complexity index is 237. The Morgan fingerprint density at radius 1 is 1.43 bits per heavy atom. The van der Waals surface area contributed by atoms with Gasteiger partial charge in [0.1, 0.15) is 0 Å². The Balaban J connectivity index is 1.99. The van der Waals surface area contributed by atoms with Crippen molar-refractivity contribution in [3.63, 3.8) is 0 Å². The molecule has 2 fully saturated rings. The van der Waals surface area contributed by atoms with E-state index in [1.807, 2.05) is 6.92 Å². The van der Waals surface area contributed by atoms with E-state index in [0.29, 0.717) is 6.04 Å². The molecule has 2 aliphatic rings. The van der Waals surface area contributed by atoms with Gasteiger partial charge in [0.05, 0.1) is 5.41 Å². The van der Waals surface area contributed by atoms with Gasteiger partial charge in [0.15, 0.2) is 0 Å². The fourth-order valence-corrected chi connectivity index (χ4v) is 2.52. The van der Waals surface area contributed by atoms with Crippen molar-refractivity contribution in [1.29, 1.82) is 0 Å². The van der Waals surface area contributed by atoms with Gasteiger partial charge < -0.3 is 5.11 Å². The number of rotatable bonds is 2. The van der Waals surface area contributed by atoms with Crippen LogP contribution in [0.25, 0.3) is 0 Å². The summed E-state index contributed by atoms with van der Waals surface area (Å²) in [4.78, 5) is 13.5. The van der Waals surface area contributed by atoms with Gasteiger partial charge in [0.25, 0.3) is 0 Å². The van der Waals surface area contributed by atoms with Gasteiger partial charge in [0, 0.05) is 12.6 Å². The third kappa shape index (κ3) is 1.65. The molecule has 80 valence electrons. The largest absolute Gasteiger partial charge is 0.481 e. The average Bonchev–Trinajstić information content (AvgIpc) is 2.00. The normalized spacial score (nSPS) is 35.2. The summed E-state index contributed by atoms with van der Waals surface area (Å²) in [6, 6.07) is 0.689. The molecule has 0 amide bonds. The molecule has 1 aliphatic carbocycles. The lowest BCUT2D eigenvalue weighted by molar-refractivity contribution is -0.152. The fraction of sp³-hybridized carbons (Fsp3) is 0.909. The van der Waals surface area contributed by atoms with Crippen LogP contribution in [-0.4, -0.2) is 35.1 Å². The first-order valence-electron chi connectivity index (χ1n) is 5.59. The molecule has 1 heterocycles. The van der Waals surface area contributed by atoms with Crippen LogP contribution in [0.1, 0.15) is 39.0 Å². The summed E-state index contributed by atoms with van der Waals surface area (Å²) in [5.74, 6) is -0.624. The highest BCUT2D eigenvalue weighted by Gasteiger charge is 2.40. The van der Waals surface area contributed by atoms with Crippen molar-refractivity contribution in [3.8, 4) is 0 Å². The Morgan fingerprint density at radius 3 is 2.64 bits per heavy atom. The second-order valence-electron chi connectivity index (χ2n) is 5.02. The van der Waals surface area contributed by atoms with Crippen LogP contribution in [0.15, 0.2) is 0 Å². The Kier molecular flexibility index (Phi) is 2.52. The van der Waals surface area contributed by atoms with Crippen LogP contribution in [0.5, 0.6) is 0 Å². The maximum absolute atomic E-state index is 11.1. The number of hydrogen-bond donors (Lipinski definition) is 1. The van der Waals surface area contributed by atoms with Crippen molar-refractivity contribution in [1.82, 2.24) is 4.90 Å². The summed E-state index contributed by atoms with van der Waals surface area (Å²) >= 11 is 0. The van der Waals surface area contributed by atoms with Crippen LogP contribution in [0.4, 0.5) is 0 Å². The van der Waals surface area contributed by atoms with Gasteiger partial charge in [-0.1, -0.05) is 6.42 Å². The van der Waals surface area contributed by atoms with Crippen molar-refractivity contribution < 1.29 is 9.90 Å². The number of aliphatic carboxylic acids is 1. The van der Waals surface area contributed by atoms with Crippen molar-refractivity contribution >= 4 is 5.97 Å². The molecule has 0 spiro atoms. The highest BCUT2D eigenvalue weighted by Crippen LogP contribution is 2.34. The van der Waals surface area contributed by atoms with Crippen LogP contribution in [0.3, 0.4) is 0 Å². The molecule has 1 saturated heterocycles. The first-order valence-corrected chi connectivity index (χ1v) is 5.59. The Morgan fingerprint density at radius 2 is 2.14 bits per heavy atom. The molecular weight excluding hydrogens is 178 g/mol.